The number of aromatic nitrogens is 3. The summed E-state index contributed by atoms with van der Waals surface area (Å²) in [4.78, 5) is 15.1. The normalized spacial score (nSPS) is 11.3. The second-order valence-electron chi connectivity index (χ2n) is 15.1. The fourth-order valence-corrected chi connectivity index (χ4v) is 8.56. The maximum atomic E-state index is 10.0. The molecule has 1 aromatic heterocycles. The molecule has 4 heteroatoms. The Morgan fingerprint density at radius 3 is 1.45 bits per heavy atom. The molecule has 60 heavy (non-hydrogen) atoms. The first kappa shape index (κ1) is 34.9. The molecule has 9 aromatic carbocycles. The van der Waals surface area contributed by atoms with Crippen LogP contribution in [0.1, 0.15) is 5.56 Å². The Hall–Kier alpha value is -8.26. The zero-order valence-corrected chi connectivity index (χ0v) is 32.4. The molecule has 10 aromatic rings. The Morgan fingerprint density at radius 2 is 0.767 bits per heavy atom. The largest absolute Gasteiger partial charge is 0.208 e. The molecule has 0 unspecified atom stereocenters. The Bertz CT molecular complexity index is 3300. The van der Waals surface area contributed by atoms with Gasteiger partial charge in [-0.25, -0.2) is 15.0 Å². The van der Waals surface area contributed by atoms with Gasteiger partial charge < -0.3 is 0 Å². The number of rotatable bonds is 7. The van der Waals surface area contributed by atoms with E-state index in [9.17, 15) is 5.26 Å². The number of nitrogens with zero attached hydrogens (tertiary/aromatic N) is 4. The van der Waals surface area contributed by atoms with Crippen LogP contribution in [0.2, 0.25) is 0 Å². The molecule has 0 aliphatic heterocycles. The lowest BCUT2D eigenvalue weighted by molar-refractivity contribution is 1.07. The fraction of sp³-hybridized carbons (Fsp3) is 0. The molecule has 11 rings (SSSR count). The fourth-order valence-electron chi connectivity index (χ4n) is 8.56. The Morgan fingerprint density at radius 1 is 0.283 bits per heavy atom. The third-order valence-corrected chi connectivity index (χ3v) is 11.5. The van der Waals surface area contributed by atoms with Gasteiger partial charge in [0.05, 0.1) is 11.6 Å². The van der Waals surface area contributed by atoms with Crippen molar-refractivity contribution in [2.45, 2.75) is 0 Å². The van der Waals surface area contributed by atoms with Crippen molar-refractivity contribution in [3.05, 3.63) is 212 Å². The quantitative estimate of drug-likeness (QED) is 0.162. The molecule has 0 amide bonds. The number of fused-ring (bicyclic) bond motifs is 3. The van der Waals surface area contributed by atoms with Crippen LogP contribution in [0.4, 0.5) is 0 Å². The van der Waals surface area contributed by atoms with Gasteiger partial charge in [0.15, 0.2) is 17.5 Å². The lowest BCUT2D eigenvalue weighted by Crippen LogP contribution is -2.00. The molecule has 0 bridgehead atoms. The highest BCUT2D eigenvalue weighted by atomic mass is 15.0. The average molecular weight is 763 g/mol. The Kier molecular flexibility index (Phi) is 8.50. The monoisotopic (exact) mass is 762 g/mol. The molecular weight excluding hydrogens is 729 g/mol. The van der Waals surface area contributed by atoms with E-state index in [0.717, 1.165) is 55.6 Å². The summed E-state index contributed by atoms with van der Waals surface area (Å²) < 4.78 is 0. The number of nitriles is 1. The van der Waals surface area contributed by atoms with Crippen molar-refractivity contribution in [2.75, 3.05) is 0 Å². The molecule has 0 spiro atoms. The zero-order chi connectivity index (χ0) is 40.0. The Labute approximate surface area is 348 Å². The number of benzene rings is 9. The van der Waals surface area contributed by atoms with Crippen LogP contribution in [0.25, 0.3) is 112 Å². The van der Waals surface area contributed by atoms with Crippen molar-refractivity contribution < 1.29 is 0 Å². The van der Waals surface area contributed by atoms with Crippen molar-refractivity contribution in [3.63, 3.8) is 0 Å². The highest BCUT2D eigenvalue weighted by Crippen LogP contribution is 2.48. The van der Waals surface area contributed by atoms with Gasteiger partial charge in [-0.15, -0.1) is 0 Å². The van der Waals surface area contributed by atoms with Crippen LogP contribution in [0.5, 0.6) is 0 Å². The highest BCUT2D eigenvalue weighted by molar-refractivity contribution is 6.15. The van der Waals surface area contributed by atoms with Gasteiger partial charge in [-0.3, -0.25) is 0 Å². The maximum Gasteiger partial charge on any atom is 0.164 e. The van der Waals surface area contributed by atoms with E-state index < -0.39 is 0 Å². The van der Waals surface area contributed by atoms with E-state index in [1.165, 1.54) is 38.6 Å². The smallest absolute Gasteiger partial charge is 0.164 e. The summed E-state index contributed by atoms with van der Waals surface area (Å²) >= 11 is 0. The summed E-state index contributed by atoms with van der Waals surface area (Å²) in [5, 5.41) is 12.6. The summed E-state index contributed by atoms with van der Waals surface area (Å²) in [6.07, 6.45) is 0. The minimum atomic E-state index is 0.571. The Balaban J connectivity index is 0.969. The summed E-state index contributed by atoms with van der Waals surface area (Å²) in [6, 6.07) is 74.0. The first-order valence-corrected chi connectivity index (χ1v) is 20.1. The average Bonchev–Trinajstić information content (AvgIpc) is 3.66. The van der Waals surface area contributed by atoms with E-state index in [0.29, 0.717) is 23.0 Å². The molecule has 0 saturated carbocycles. The van der Waals surface area contributed by atoms with E-state index >= 15 is 0 Å². The summed E-state index contributed by atoms with van der Waals surface area (Å²) in [5.41, 5.74) is 17.0. The van der Waals surface area contributed by atoms with E-state index in [-0.39, 0.29) is 0 Å². The SMILES string of the molecule is N#Cc1ccc(-c2ccc(-c3ccc4c(c3)-c3cccc5cccc-4c35)cc2)c(-c2cccc(-c3nc(-c4ccccc4)nc(-c4cccc(-c5ccccc5)c4)n3)c2)c1. The topological polar surface area (TPSA) is 62.5 Å². The van der Waals surface area contributed by atoms with Crippen molar-refractivity contribution in [3.8, 4) is 107 Å². The van der Waals surface area contributed by atoms with Crippen molar-refractivity contribution in [1.29, 1.82) is 5.26 Å². The number of hydrogen-bond acceptors (Lipinski definition) is 4. The molecule has 4 nitrogen and oxygen atoms in total. The van der Waals surface area contributed by atoms with Crippen LogP contribution < -0.4 is 0 Å². The predicted molar refractivity (Wildman–Crippen MR) is 245 cm³/mol. The van der Waals surface area contributed by atoms with Gasteiger partial charge in [-0.2, -0.15) is 5.26 Å². The lowest BCUT2D eigenvalue weighted by atomic mass is 9.91. The minimum Gasteiger partial charge on any atom is -0.208 e. The molecule has 1 aliphatic carbocycles. The molecule has 278 valence electrons. The molecule has 0 N–H and O–H groups in total. The van der Waals surface area contributed by atoms with E-state index in [2.05, 4.69) is 127 Å². The van der Waals surface area contributed by atoms with Gasteiger partial charge in [0, 0.05) is 16.7 Å². The highest BCUT2D eigenvalue weighted by Gasteiger charge is 2.22. The summed E-state index contributed by atoms with van der Waals surface area (Å²) in [6.45, 7) is 0. The van der Waals surface area contributed by atoms with Crippen molar-refractivity contribution >= 4 is 10.8 Å². The zero-order valence-electron chi connectivity index (χ0n) is 32.4. The van der Waals surface area contributed by atoms with Crippen LogP contribution >= 0.6 is 0 Å². The summed E-state index contributed by atoms with van der Waals surface area (Å²) in [7, 11) is 0. The van der Waals surface area contributed by atoms with Gasteiger partial charge >= 0.3 is 0 Å². The van der Waals surface area contributed by atoms with E-state index in [1.807, 2.05) is 84.9 Å². The van der Waals surface area contributed by atoms with Crippen LogP contribution in [0.3, 0.4) is 0 Å². The molecule has 0 radical (unpaired) electrons. The second kappa shape index (κ2) is 14.6. The molecular formula is C56H34N4. The van der Waals surface area contributed by atoms with Gasteiger partial charge in [0.1, 0.15) is 0 Å². The van der Waals surface area contributed by atoms with Gasteiger partial charge in [0.25, 0.3) is 0 Å². The molecule has 0 atom stereocenters. The second-order valence-corrected chi connectivity index (χ2v) is 15.1. The van der Waals surface area contributed by atoms with Crippen LogP contribution in [-0.2, 0) is 0 Å². The van der Waals surface area contributed by atoms with Crippen molar-refractivity contribution in [2.24, 2.45) is 0 Å². The maximum absolute atomic E-state index is 10.0. The lowest BCUT2D eigenvalue weighted by Gasteiger charge is -2.14. The van der Waals surface area contributed by atoms with Crippen LogP contribution in [0.15, 0.2) is 206 Å². The molecule has 1 aliphatic rings. The van der Waals surface area contributed by atoms with Crippen molar-refractivity contribution in [1.82, 2.24) is 15.0 Å². The third kappa shape index (κ3) is 6.23. The molecule has 1 heterocycles. The molecule has 0 fully saturated rings. The van der Waals surface area contributed by atoms with E-state index in [1.54, 1.807) is 0 Å². The standard InChI is InChI=1S/C56H34N4/c57-35-36-23-29-47(39-26-24-38(25-27-39)43-28-30-48-49-21-9-15-40-16-10-22-50(53(40)49)52(48)34-43)51(31-36)44-18-8-20-46(33-44)56-59-54(41-13-5-2-6-14-41)58-55(60-56)45-19-7-17-42(32-45)37-11-3-1-4-12-37/h1-34H. The van der Waals surface area contributed by atoms with Crippen LogP contribution in [-0.4, -0.2) is 15.0 Å². The van der Waals surface area contributed by atoms with Crippen LogP contribution in [0, 0.1) is 11.3 Å². The third-order valence-electron chi connectivity index (χ3n) is 11.5. The predicted octanol–water partition coefficient (Wildman–Crippen LogP) is 14.2. The minimum absolute atomic E-state index is 0.571. The first-order valence-electron chi connectivity index (χ1n) is 20.1. The molecule has 0 saturated heterocycles. The summed E-state index contributed by atoms with van der Waals surface area (Å²) in [5.74, 6) is 1.77. The van der Waals surface area contributed by atoms with Gasteiger partial charge in [0.2, 0.25) is 0 Å². The number of hydrogen-bond donors (Lipinski definition) is 0. The van der Waals surface area contributed by atoms with Gasteiger partial charge in [-0.05, 0) is 108 Å². The van der Waals surface area contributed by atoms with Gasteiger partial charge in [-0.1, -0.05) is 176 Å². The first-order chi connectivity index (χ1) is 29.7. The van der Waals surface area contributed by atoms with E-state index in [4.69, 9.17) is 15.0 Å².